The van der Waals surface area contributed by atoms with Crippen molar-refractivity contribution >= 4 is 10.9 Å². The van der Waals surface area contributed by atoms with Crippen molar-refractivity contribution in [2.75, 3.05) is 7.11 Å². The molecule has 1 N–H and O–H groups in total. The highest BCUT2D eigenvalue weighted by atomic mass is 19.1. The fourth-order valence-electron chi connectivity index (χ4n) is 3.44. The smallest absolute Gasteiger partial charge is 0.169 e. The summed E-state index contributed by atoms with van der Waals surface area (Å²) in [5.74, 6) is 1.99. The van der Waals surface area contributed by atoms with E-state index in [1.807, 2.05) is 42.6 Å². The van der Waals surface area contributed by atoms with E-state index < -0.39 is 0 Å². The highest BCUT2D eigenvalue weighted by molar-refractivity contribution is 5.83. The van der Waals surface area contributed by atoms with Gasteiger partial charge in [0.25, 0.3) is 0 Å². The molecule has 0 spiro atoms. The van der Waals surface area contributed by atoms with Crippen molar-refractivity contribution in [2.45, 2.75) is 19.3 Å². The second-order valence-corrected chi connectivity index (χ2v) is 6.76. The summed E-state index contributed by atoms with van der Waals surface area (Å²) in [4.78, 5) is 3.21. The minimum Gasteiger partial charge on any atom is -0.493 e. The van der Waals surface area contributed by atoms with Crippen LogP contribution in [-0.4, -0.2) is 12.1 Å². The summed E-state index contributed by atoms with van der Waals surface area (Å²) in [6.45, 7) is 0. The third-order valence-corrected chi connectivity index (χ3v) is 4.84. The van der Waals surface area contributed by atoms with Gasteiger partial charge in [0.1, 0.15) is 11.6 Å². The number of aromatic nitrogens is 1. The maximum absolute atomic E-state index is 13.5. The number of hydrogen-bond acceptors (Lipinski definition) is 2. The van der Waals surface area contributed by atoms with Gasteiger partial charge in [-0.25, -0.2) is 4.39 Å². The van der Waals surface area contributed by atoms with Gasteiger partial charge in [-0.2, -0.15) is 0 Å². The largest absolute Gasteiger partial charge is 0.493 e. The Morgan fingerprint density at radius 1 is 0.893 bits per heavy atom. The van der Waals surface area contributed by atoms with E-state index in [9.17, 15) is 4.39 Å². The number of fused-ring (bicyclic) bond motifs is 1. The first-order chi connectivity index (χ1) is 13.7. The molecular weight excluding hydrogens is 353 g/mol. The molecule has 3 aromatic carbocycles. The number of aromatic amines is 1. The Labute approximate surface area is 163 Å². The lowest BCUT2D eigenvalue weighted by Crippen LogP contribution is -1.92. The molecule has 0 bridgehead atoms. The van der Waals surface area contributed by atoms with E-state index in [1.165, 1.54) is 11.6 Å². The van der Waals surface area contributed by atoms with Gasteiger partial charge in [-0.15, -0.1) is 0 Å². The maximum Gasteiger partial charge on any atom is 0.169 e. The van der Waals surface area contributed by atoms with Gasteiger partial charge in [-0.05, 0) is 72.9 Å². The van der Waals surface area contributed by atoms with Gasteiger partial charge < -0.3 is 14.5 Å². The SMILES string of the molecule is COc1ccccc1Oc1cccc(CCCc2c[nH]c3ccc(F)cc23)c1. The first-order valence-corrected chi connectivity index (χ1v) is 9.38. The Kier molecular flexibility index (Phi) is 5.29. The van der Waals surface area contributed by atoms with Gasteiger partial charge in [0, 0.05) is 17.1 Å². The Hall–Kier alpha value is -3.27. The number of halogens is 1. The molecule has 0 aliphatic carbocycles. The van der Waals surface area contributed by atoms with E-state index >= 15 is 0 Å². The molecule has 0 saturated carbocycles. The minimum atomic E-state index is -0.199. The molecule has 1 aromatic heterocycles. The van der Waals surface area contributed by atoms with Gasteiger partial charge in [0.2, 0.25) is 0 Å². The summed E-state index contributed by atoms with van der Waals surface area (Å²) in [6.07, 6.45) is 4.76. The number of hydrogen-bond donors (Lipinski definition) is 1. The summed E-state index contributed by atoms with van der Waals surface area (Å²) >= 11 is 0. The van der Waals surface area contributed by atoms with E-state index in [0.29, 0.717) is 11.5 Å². The summed E-state index contributed by atoms with van der Waals surface area (Å²) in [5.41, 5.74) is 3.33. The summed E-state index contributed by atoms with van der Waals surface area (Å²) < 4.78 is 24.9. The molecule has 142 valence electrons. The van der Waals surface area contributed by atoms with Crippen molar-refractivity contribution in [1.82, 2.24) is 4.98 Å². The number of ether oxygens (including phenoxy) is 2. The molecule has 0 aliphatic rings. The molecule has 0 radical (unpaired) electrons. The van der Waals surface area contributed by atoms with Crippen molar-refractivity contribution in [2.24, 2.45) is 0 Å². The number of rotatable bonds is 7. The van der Waals surface area contributed by atoms with Crippen LogP contribution < -0.4 is 9.47 Å². The number of nitrogens with one attached hydrogen (secondary N) is 1. The minimum absolute atomic E-state index is 0.199. The Morgan fingerprint density at radius 2 is 1.75 bits per heavy atom. The molecule has 28 heavy (non-hydrogen) atoms. The van der Waals surface area contributed by atoms with Crippen molar-refractivity contribution in [3.63, 3.8) is 0 Å². The van der Waals surface area contributed by atoms with Crippen molar-refractivity contribution in [1.29, 1.82) is 0 Å². The zero-order chi connectivity index (χ0) is 19.3. The predicted molar refractivity (Wildman–Crippen MR) is 110 cm³/mol. The number of methoxy groups -OCH3 is 1. The van der Waals surface area contributed by atoms with Crippen molar-refractivity contribution in [3.05, 3.63) is 89.9 Å². The van der Waals surface area contributed by atoms with E-state index in [-0.39, 0.29) is 5.82 Å². The fraction of sp³-hybridized carbons (Fsp3) is 0.167. The molecule has 1 heterocycles. The van der Waals surface area contributed by atoms with Crippen LogP contribution >= 0.6 is 0 Å². The second-order valence-electron chi connectivity index (χ2n) is 6.76. The van der Waals surface area contributed by atoms with Crippen LogP contribution in [0.3, 0.4) is 0 Å². The van der Waals surface area contributed by atoms with E-state index in [1.54, 1.807) is 19.2 Å². The predicted octanol–water partition coefficient (Wildman–Crippen LogP) is 6.28. The zero-order valence-electron chi connectivity index (χ0n) is 15.7. The Balaban J connectivity index is 1.41. The van der Waals surface area contributed by atoms with Gasteiger partial charge in [-0.1, -0.05) is 24.3 Å². The molecular formula is C24H22FNO2. The molecule has 4 rings (SSSR count). The highest BCUT2D eigenvalue weighted by Gasteiger charge is 2.07. The van der Waals surface area contributed by atoms with Crippen molar-refractivity contribution < 1.29 is 13.9 Å². The molecule has 0 atom stereocenters. The quantitative estimate of drug-likeness (QED) is 0.412. The molecule has 4 heteroatoms. The monoisotopic (exact) mass is 375 g/mol. The zero-order valence-corrected chi connectivity index (χ0v) is 15.7. The third-order valence-electron chi connectivity index (χ3n) is 4.84. The molecule has 0 aliphatic heterocycles. The van der Waals surface area contributed by atoms with Gasteiger partial charge in [0.05, 0.1) is 7.11 Å². The molecule has 0 saturated heterocycles. The second kappa shape index (κ2) is 8.17. The number of aryl methyl sites for hydroxylation is 2. The summed E-state index contributed by atoms with van der Waals surface area (Å²) in [7, 11) is 1.63. The molecule has 3 nitrogen and oxygen atoms in total. The van der Waals surface area contributed by atoms with E-state index in [2.05, 4.69) is 17.1 Å². The van der Waals surface area contributed by atoms with Gasteiger partial charge in [0.15, 0.2) is 11.5 Å². The normalized spacial score (nSPS) is 10.9. The first-order valence-electron chi connectivity index (χ1n) is 9.38. The van der Waals surface area contributed by atoms with Crippen molar-refractivity contribution in [3.8, 4) is 17.2 Å². The third kappa shape index (κ3) is 4.01. The lowest BCUT2D eigenvalue weighted by Gasteiger charge is -2.11. The van der Waals surface area contributed by atoms with Crippen LogP contribution in [0.5, 0.6) is 17.2 Å². The summed E-state index contributed by atoms with van der Waals surface area (Å²) in [5, 5.41) is 0.966. The molecule has 0 amide bonds. The standard InChI is InChI=1S/C24H22FNO2/c1-27-23-10-2-3-11-24(23)28-20-9-5-7-17(14-20)6-4-8-18-16-26-22-13-12-19(25)15-21(18)22/h2-3,5,7,9-16,26H,4,6,8H2,1H3. The lowest BCUT2D eigenvalue weighted by molar-refractivity contribution is 0.378. The average molecular weight is 375 g/mol. The average Bonchev–Trinajstić information content (AvgIpc) is 3.11. The lowest BCUT2D eigenvalue weighted by atomic mass is 10.0. The van der Waals surface area contributed by atoms with Crippen LogP contribution in [0.4, 0.5) is 4.39 Å². The van der Waals surface area contributed by atoms with Crippen LogP contribution in [0.2, 0.25) is 0 Å². The topological polar surface area (TPSA) is 34.2 Å². The molecule has 0 fully saturated rings. The van der Waals surface area contributed by atoms with E-state index in [0.717, 1.165) is 41.5 Å². The maximum atomic E-state index is 13.5. The number of para-hydroxylation sites is 2. The fourth-order valence-corrected chi connectivity index (χ4v) is 3.44. The Morgan fingerprint density at radius 3 is 2.61 bits per heavy atom. The first kappa shape index (κ1) is 18.1. The van der Waals surface area contributed by atoms with E-state index in [4.69, 9.17) is 9.47 Å². The molecule has 4 aromatic rings. The van der Waals surface area contributed by atoms with Crippen LogP contribution in [0, 0.1) is 5.82 Å². The van der Waals surface area contributed by atoms with Crippen LogP contribution in [0.1, 0.15) is 17.5 Å². The van der Waals surface area contributed by atoms with Crippen LogP contribution in [-0.2, 0) is 12.8 Å². The number of benzene rings is 3. The van der Waals surface area contributed by atoms with Crippen LogP contribution in [0.25, 0.3) is 10.9 Å². The summed E-state index contributed by atoms with van der Waals surface area (Å²) in [6, 6.07) is 20.6. The molecule has 0 unspecified atom stereocenters. The number of H-pyrrole nitrogens is 1. The Bertz CT molecular complexity index is 1090. The highest BCUT2D eigenvalue weighted by Crippen LogP contribution is 2.31. The van der Waals surface area contributed by atoms with Crippen LogP contribution in [0.15, 0.2) is 72.9 Å². The van der Waals surface area contributed by atoms with Gasteiger partial charge in [-0.3, -0.25) is 0 Å². The van der Waals surface area contributed by atoms with Gasteiger partial charge >= 0.3 is 0 Å².